The summed E-state index contributed by atoms with van der Waals surface area (Å²) in [6, 6.07) is 51.3. The molecule has 9 aromatic rings. The van der Waals surface area contributed by atoms with E-state index in [2.05, 4.69) is 187 Å². The molecule has 9 rings (SSSR count). The molecule has 58 heavy (non-hydrogen) atoms. The molecular weight excluding hydrogens is 709 g/mol. The highest BCUT2D eigenvalue weighted by Gasteiger charge is 2.23. The highest BCUT2D eigenvalue weighted by Crippen LogP contribution is 2.40. The van der Waals surface area contributed by atoms with Crippen LogP contribution in [-0.4, -0.2) is 19.3 Å². The average molecular weight is 757 g/mol. The van der Waals surface area contributed by atoms with E-state index >= 15 is 0 Å². The highest BCUT2D eigenvalue weighted by molar-refractivity contribution is 6.10. The number of nitrogens with zero attached hydrogens (tertiary/aromatic N) is 4. The third-order valence-corrected chi connectivity index (χ3v) is 11.2. The molecule has 0 saturated carbocycles. The van der Waals surface area contributed by atoms with Crippen molar-refractivity contribution in [2.45, 2.75) is 59.3 Å². The zero-order chi connectivity index (χ0) is 40.2. The van der Waals surface area contributed by atoms with Crippen LogP contribution in [0.4, 0.5) is 0 Å². The Balaban J connectivity index is 1.12. The predicted molar refractivity (Wildman–Crippen MR) is 241 cm³/mol. The molecule has 5 heteroatoms. The van der Waals surface area contributed by atoms with Crippen LogP contribution in [0.3, 0.4) is 0 Å². The summed E-state index contributed by atoms with van der Waals surface area (Å²) in [5.41, 5.74) is 13.8. The zero-order valence-electron chi connectivity index (χ0n) is 34.3. The van der Waals surface area contributed by atoms with Gasteiger partial charge in [-0.25, -0.2) is 9.67 Å². The number of hydrogen-bond donors (Lipinski definition) is 0. The van der Waals surface area contributed by atoms with E-state index in [0.29, 0.717) is 0 Å². The first kappa shape index (κ1) is 36.9. The molecule has 5 nitrogen and oxygen atoms in total. The number of hydrogen-bond acceptors (Lipinski definition) is 3. The molecule has 3 heterocycles. The fourth-order valence-electron chi connectivity index (χ4n) is 8.04. The molecule has 286 valence electrons. The second-order valence-corrected chi connectivity index (χ2v) is 17.4. The van der Waals surface area contributed by atoms with Gasteiger partial charge in [0.25, 0.3) is 0 Å². The fourth-order valence-corrected chi connectivity index (χ4v) is 8.04. The van der Waals surface area contributed by atoms with Crippen LogP contribution in [0.1, 0.15) is 58.2 Å². The summed E-state index contributed by atoms with van der Waals surface area (Å²) < 4.78 is 10.9. The van der Waals surface area contributed by atoms with E-state index in [0.717, 1.165) is 61.5 Å². The van der Waals surface area contributed by atoms with Crippen molar-refractivity contribution in [3.63, 3.8) is 0 Å². The predicted octanol–water partition coefficient (Wildman–Crippen LogP) is 14.1. The second-order valence-electron chi connectivity index (χ2n) is 17.4. The molecule has 0 bridgehead atoms. The third-order valence-electron chi connectivity index (χ3n) is 11.2. The lowest BCUT2D eigenvalue weighted by molar-refractivity contribution is 0.483. The number of ether oxygens (including phenoxy) is 1. The van der Waals surface area contributed by atoms with Crippen LogP contribution in [0, 0.1) is 6.92 Å². The van der Waals surface area contributed by atoms with Gasteiger partial charge in [0.1, 0.15) is 17.3 Å². The summed E-state index contributed by atoms with van der Waals surface area (Å²) >= 11 is 0. The van der Waals surface area contributed by atoms with Gasteiger partial charge < -0.3 is 4.74 Å². The van der Waals surface area contributed by atoms with Gasteiger partial charge in [-0.05, 0) is 99.2 Å². The van der Waals surface area contributed by atoms with Gasteiger partial charge in [-0.15, -0.1) is 0 Å². The van der Waals surface area contributed by atoms with E-state index in [1.807, 2.05) is 35.3 Å². The molecular formula is C53H48N4O. The number of fused-ring (bicyclic) bond motifs is 3. The molecule has 0 aliphatic carbocycles. The van der Waals surface area contributed by atoms with Crippen molar-refractivity contribution in [3.8, 4) is 56.4 Å². The van der Waals surface area contributed by atoms with E-state index in [4.69, 9.17) is 14.8 Å². The minimum absolute atomic E-state index is 0.0989. The summed E-state index contributed by atoms with van der Waals surface area (Å²) in [7, 11) is 0. The van der Waals surface area contributed by atoms with Crippen molar-refractivity contribution >= 4 is 21.8 Å². The van der Waals surface area contributed by atoms with Gasteiger partial charge in [0, 0.05) is 46.4 Å². The Kier molecular flexibility index (Phi) is 9.12. The summed E-state index contributed by atoms with van der Waals surface area (Å²) in [6.07, 6.45) is 6.07. The van der Waals surface area contributed by atoms with E-state index in [9.17, 15) is 0 Å². The third kappa shape index (κ3) is 6.98. The van der Waals surface area contributed by atoms with Gasteiger partial charge >= 0.3 is 0 Å². The van der Waals surface area contributed by atoms with Gasteiger partial charge in [-0.1, -0.05) is 133 Å². The lowest BCUT2D eigenvalue weighted by Crippen LogP contribution is -2.14. The molecule has 0 radical (unpaired) electrons. The molecule has 0 amide bonds. The topological polar surface area (TPSA) is 44.9 Å². The summed E-state index contributed by atoms with van der Waals surface area (Å²) in [4.78, 5) is 5.17. The van der Waals surface area contributed by atoms with Crippen LogP contribution in [-0.2, 0) is 10.8 Å². The lowest BCUT2D eigenvalue weighted by atomic mass is 9.82. The molecule has 0 N–H and O–H groups in total. The first-order valence-electron chi connectivity index (χ1n) is 20.1. The summed E-state index contributed by atoms with van der Waals surface area (Å²) in [5.74, 6) is 2.34. The van der Waals surface area contributed by atoms with Gasteiger partial charge in [0.2, 0.25) is 0 Å². The Bertz CT molecular complexity index is 2940. The van der Waals surface area contributed by atoms with Crippen LogP contribution in [0.25, 0.3) is 66.7 Å². The van der Waals surface area contributed by atoms with Gasteiger partial charge in [0.15, 0.2) is 0 Å². The zero-order valence-corrected chi connectivity index (χ0v) is 34.3. The Morgan fingerprint density at radius 1 is 0.517 bits per heavy atom. The van der Waals surface area contributed by atoms with E-state index in [-0.39, 0.29) is 10.8 Å². The SMILES string of the molecule is Cc1cc(C(C)(C)C)ccc1-c1cnn(-c2cccc(Oc3ccc4c5cc(-c6ccccc6)ccc5n(-c5cc(C(C)(C)C)c(-c6ccccc6)cn5)c4c3)c2)c1. The Hall–Kier alpha value is -6.72. The Labute approximate surface area is 341 Å². The molecule has 0 saturated heterocycles. The minimum atomic E-state index is -0.119. The molecule has 0 aliphatic heterocycles. The number of pyridine rings is 1. The van der Waals surface area contributed by atoms with E-state index in [1.54, 1.807) is 0 Å². The highest BCUT2D eigenvalue weighted by atomic mass is 16.5. The number of aromatic nitrogens is 4. The normalized spacial score (nSPS) is 12.1. The number of aryl methyl sites for hydroxylation is 1. The first-order valence-corrected chi connectivity index (χ1v) is 20.1. The quantitative estimate of drug-likeness (QED) is 0.163. The lowest BCUT2D eigenvalue weighted by Gasteiger charge is -2.24. The Morgan fingerprint density at radius 3 is 1.98 bits per heavy atom. The van der Waals surface area contributed by atoms with Gasteiger partial charge in [0.05, 0.1) is 22.9 Å². The molecule has 6 aromatic carbocycles. The van der Waals surface area contributed by atoms with E-state index < -0.39 is 0 Å². The molecule has 3 aromatic heterocycles. The van der Waals surface area contributed by atoms with Crippen molar-refractivity contribution < 1.29 is 4.74 Å². The van der Waals surface area contributed by atoms with Gasteiger partial charge in [-0.2, -0.15) is 5.10 Å². The molecule has 0 spiro atoms. The van der Waals surface area contributed by atoms with Crippen LogP contribution in [0.5, 0.6) is 11.5 Å². The van der Waals surface area contributed by atoms with Crippen LogP contribution in [0.15, 0.2) is 164 Å². The number of benzene rings is 6. The van der Waals surface area contributed by atoms with Crippen molar-refractivity contribution in [1.29, 1.82) is 0 Å². The van der Waals surface area contributed by atoms with Crippen LogP contribution >= 0.6 is 0 Å². The second kappa shape index (κ2) is 14.3. The summed E-state index contributed by atoms with van der Waals surface area (Å²) in [6.45, 7) is 15.7. The van der Waals surface area contributed by atoms with Crippen LogP contribution in [0.2, 0.25) is 0 Å². The van der Waals surface area contributed by atoms with Crippen molar-refractivity contribution in [2.75, 3.05) is 0 Å². The largest absolute Gasteiger partial charge is 0.457 e. The van der Waals surface area contributed by atoms with Crippen molar-refractivity contribution in [2.24, 2.45) is 0 Å². The summed E-state index contributed by atoms with van der Waals surface area (Å²) in [5, 5.41) is 7.06. The average Bonchev–Trinajstić information content (AvgIpc) is 3.84. The van der Waals surface area contributed by atoms with Gasteiger partial charge in [-0.3, -0.25) is 4.57 Å². The molecule has 0 atom stereocenters. The molecule has 0 fully saturated rings. The first-order chi connectivity index (χ1) is 27.9. The monoisotopic (exact) mass is 756 g/mol. The Morgan fingerprint density at radius 2 is 1.26 bits per heavy atom. The fraction of sp³-hybridized carbons (Fsp3) is 0.170. The van der Waals surface area contributed by atoms with E-state index in [1.165, 1.54) is 33.4 Å². The maximum atomic E-state index is 6.66. The standard InChI is InChI=1S/C53H48N4O/c1-35-27-40(52(2,3)4)22-24-44(35)39-32-55-56(34-39)41-19-14-20-42(29-41)58-43-23-25-45-46-28-38(36-15-10-8-11-16-36)21-26-49(46)57(50(45)30-43)51-31-48(53(5,6)7)47(33-54-51)37-17-12-9-13-18-37/h8-34H,1-7H3. The molecule has 0 unspecified atom stereocenters. The smallest absolute Gasteiger partial charge is 0.137 e. The van der Waals surface area contributed by atoms with Crippen LogP contribution < -0.4 is 4.74 Å². The number of rotatable bonds is 7. The maximum Gasteiger partial charge on any atom is 0.137 e. The molecule has 0 aliphatic rings. The maximum absolute atomic E-state index is 6.66. The van der Waals surface area contributed by atoms with Crippen molar-refractivity contribution in [1.82, 2.24) is 19.3 Å². The van der Waals surface area contributed by atoms with Crippen molar-refractivity contribution in [3.05, 3.63) is 181 Å². The minimum Gasteiger partial charge on any atom is -0.457 e.